The van der Waals surface area contributed by atoms with Gasteiger partial charge >= 0.3 is 0 Å². The molecule has 0 aliphatic rings. The minimum Gasteiger partial charge on any atom is -0.464 e. The van der Waals surface area contributed by atoms with Crippen molar-refractivity contribution in [3.05, 3.63) is 72.7 Å². The summed E-state index contributed by atoms with van der Waals surface area (Å²) in [6.45, 7) is 0. The fourth-order valence-corrected chi connectivity index (χ4v) is 1.82. The third-order valence-corrected chi connectivity index (χ3v) is 2.72. The van der Waals surface area contributed by atoms with E-state index in [4.69, 9.17) is 9.15 Å². The molecule has 0 amide bonds. The van der Waals surface area contributed by atoms with Crippen LogP contribution in [0.15, 0.2) is 71.3 Å². The lowest BCUT2D eigenvalue weighted by Gasteiger charge is -2.09. The van der Waals surface area contributed by atoms with Crippen molar-refractivity contribution < 1.29 is 13.5 Å². The molecule has 0 saturated heterocycles. The van der Waals surface area contributed by atoms with Crippen molar-refractivity contribution in [2.45, 2.75) is 0 Å². The maximum absolute atomic E-state index is 12.9. The molecule has 2 nitrogen and oxygen atoms in total. The second-order valence-corrected chi connectivity index (χ2v) is 4.03. The van der Waals surface area contributed by atoms with E-state index in [1.54, 1.807) is 18.4 Å². The third-order valence-electron chi connectivity index (χ3n) is 2.72. The van der Waals surface area contributed by atoms with Crippen LogP contribution in [0.25, 0.3) is 11.3 Å². The predicted octanol–water partition coefficient (Wildman–Crippen LogP) is 4.88. The summed E-state index contributed by atoms with van der Waals surface area (Å²) in [7, 11) is 0. The van der Waals surface area contributed by atoms with Crippen LogP contribution in [-0.2, 0) is 0 Å². The first-order chi connectivity index (χ1) is 9.33. The second kappa shape index (κ2) is 4.98. The highest BCUT2D eigenvalue weighted by Crippen LogP contribution is 2.33. The van der Waals surface area contributed by atoms with Gasteiger partial charge in [-0.25, -0.2) is 4.39 Å². The van der Waals surface area contributed by atoms with E-state index in [1.165, 1.54) is 12.1 Å². The molecule has 0 N–H and O–H groups in total. The van der Waals surface area contributed by atoms with Crippen molar-refractivity contribution >= 4 is 0 Å². The first-order valence-corrected chi connectivity index (χ1v) is 5.89. The van der Waals surface area contributed by atoms with Gasteiger partial charge in [-0.15, -0.1) is 0 Å². The van der Waals surface area contributed by atoms with Gasteiger partial charge in [0.25, 0.3) is 0 Å². The van der Waals surface area contributed by atoms with Crippen molar-refractivity contribution in [2.75, 3.05) is 0 Å². The van der Waals surface area contributed by atoms with Crippen LogP contribution in [0, 0.1) is 5.82 Å². The molecule has 0 radical (unpaired) electrons. The minimum atomic E-state index is -0.285. The van der Waals surface area contributed by atoms with Crippen LogP contribution >= 0.6 is 0 Å². The molecule has 19 heavy (non-hydrogen) atoms. The standard InChI is InChI=1S/C16H11FO2/c17-12-7-9-13(10-8-12)19-16-5-2-1-4-14(16)15-6-3-11-18-15/h1-11H. The maximum Gasteiger partial charge on any atom is 0.138 e. The fourth-order valence-electron chi connectivity index (χ4n) is 1.82. The van der Waals surface area contributed by atoms with Crippen LogP contribution in [-0.4, -0.2) is 0 Å². The Labute approximate surface area is 110 Å². The molecule has 2 aromatic carbocycles. The summed E-state index contributed by atoms with van der Waals surface area (Å²) in [4.78, 5) is 0. The Balaban J connectivity index is 1.95. The Bertz CT molecular complexity index is 657. The number of hydrogen-bond donors (Lipinski definition) is 0. The van der Waals surface area contributed by atoms with E-state index >= 15 is 0 Å². The van der Waals surface area contributed by atoms with Crippen molar-refractivity contribution in [2.24, 2.45) is 0 Å². The van der Waals surface area contributed by atoms with Gasteiger partial charge in [-0.2, -0.15) is 0 Å². The van der Waals surface area contributed by atoms with Crippen LogP contribution in [0.1, 0.15) is 0 Å². The van der Waals surface area contributed by atoms with Gasteiger partial charge < -0.3 is 9.15 Å². The number of ether oxygens (including phenoxy) is 1. The molecule has 0 unspecified atom stereocenters. The van der Waals surface area contributed by atoms with Gasteiger partial charge in [0, 0.05) is 0 Å². The first-order valence-electron chi connectivity index (χ1n) is 5.89. The highest BCUT2D eigenvalue weighted by molar-refractivity contribution is 5.66. The van der Waals surface area contributed by atoms with E-state index in [0.717, 1.165) is 11.3 Å². The van der Waals surface area contributed by atoms with Crippen LogP contribution in [0.4, 0.5) is 4.39 Å². The molecule has 0 aliphatic heterocycles. The Hall–Kier alpha value is -2.55. The molecule has 0 spiro atoms. The van der Waals surface area contributed by atoms with Crippen molar-refractivity contribution in [1.29, 1.82) is 0 Å². The number of para-hydroxylation sites is 1. The summed E-state index contributed by atoms with van der Waals surface area (Å²) in [6.07, 6.45) is 1.62. The Kier molecular flexibility index (Phi) is 3.02. The van der Waals surface area contributed by atoms with Gasteiger partial charge in [0.15, 0.2) is 0 Å². The first kappa shape index (κ1) is 11.5. The number of hydrogen-bond acceptors (Lipinski definition) is 2. The molecule has 3 rings (SSSR count). The highest BCUT2D eigenvalue weighted by Gasteiger charge is 2.08. The summed E-state index contributed by atoms with van der Waals surface area (Å²) < 4.78 is 24.0. The molecule has 0 bridgehead atoms. The third kappa shape index (κ3) is 2.50. The van der Waals surface area contributed by atoms with Crippen LogP contribution in [0.3, 0.4) is 0 Å². The van der Waals surface area contributed by atoms with Crippen LogP contribution in [0.2, 0.25) is 0 Å². The zero-order valence-electron chi connectivity index (χ0n) is 10.0. The average Bonchev–Trinajstić information content (AvgIpc) is 2.96. The molecule has 0 saturated carbocycles. The number of halogens is 1. The highest BCUT2D eigenvalue weighted by atomic mass is 19.1. The molecule has 94 valence electrons. The van der Waals surface area contributed by atoms with Crippen molar-refractivity contribution in [1.82, 2.24) is 0 Å². The summed E-state index contributed by atoms with van der Waals surface area (Å²) in [5.74, 6) is 1.70. The monoisotopic (exact) mass is 254 g/mol. The summed E-state index contributed by atoms with van der Waals surface area (Å²) in [6, 6.07) is 17.2. The van der Waals surface area contributed by atoms with E-state index < -0.39 is 0 Å². The van der Waals surface area contributed by atoms with Crippen molar-refractivity contribution in [3.8, 4) is 22.8 Å². The van der Waals surface area contributed by atoms with E-state index in [-0.39, 0.29) is 5.82 Å². The molecule has 1 aromatic heterocycles. The Morgan fingerprint density at radius 1 is 0.842 bits per heavy atom. The molecular weight excluding hydrogens is 243 g/mol. The maximum atomic E-state index is 12.9. The molecule has 0 fully saturated rings. The van der Waals surface area contributed by atoms with Gasteiger partial charge in [0.2, 0.25) is 0 Å². The molecular formula is C16H11FO2. The Morgan fingerprint density at radius 2 is 1.63 bits per heavy atom. The zero-order valence-corrected chi connectivity index (χ0v) is 10.0. The summed E-state index contributed by atoms with van der Waals surface area (Å²) >= 11 is 0. The molecule has 3 aromatic rings. The molecule has 0 aliphatic carbocycles. The lowest BCUT2D eigenvalue weighted by molar-refractivity contribution is 0.479. The van der Waals surface area contributed by atoms with Gasteiger partial charge in [-0.1, -0.05) is 12.1 Å². The van der Waals surface area contributed by atoms with Crippen molar-refractivity contribution in [3.63, 3.8) is 0 Å². The number of rotatable bonds is 3. The predicted molar refractivity (Wildman–Crippen MR) is 70.6 cm³/mol. The lowest BCUT2D eigenvalue weighted by Crippen LogP contribution is -1.87. The number of furan rings is 1. The molecule has 3 heteroatoms. The number of benzene rings is 2. The van der Waals surface area contributed by atoms with E-state index in [0.29, 0.717) is 11.5 Å². The quantitative estimate of drug-likeness (QED) is 0.664. The van der Waals surface area contributed by atoms with Gasteiger partial charge in [-0.05, 0) is 48.5 Å². The second-order valence-electron chi connectivity index (χ2n) is 4.03. The normalized spacial score (nSPS) is 10.4. The van der Waals surface area contributed by atoms with Gasteiger partial charge in [-0.3, -0.25) is 0 Å². The zero-order chi connectivity index (χ0) is 13.1. The smallest absolute Gasteiger partial charge is 0.138 e. The fraction of sp³-hybridized carbons (Fsp3) is 0. The largest absolute Gasteiger partial charge is 0.464 e. The van der Waals surface area contributed by atoms with Crippen LogP contribution in [0.5, 0.6) is 11.5 Å². The Morgan fingerprint density at radius 3 is 2.37 bits per heavy atom. The SMILES string of the molecule is Fc1ccc(Oc2ccccc2-c2ccco2)cc1. The summed E-state index contributed by atoms with van der Waals surface area (Å²) in [5, 5.41) is 0. The van der Waals surface area contributed by atoms with Gasteiger partial charge in [0.1, 0.15) is 23.1 Å². The van der Waals surface area contributed by atoms with Gasteiger partial charge in [0.05, 0.1) is 11.8 Å². The average molecular weight is 254 g/mol. The summed E-state index contributed by atoms with van der Waals surface area (Å²) in [5.41, 5.74) is 0.858. The minimum absolute atomic E-state index is 0.285. The van der Waals surface area contributed by atoms with E-state index in [9.17, 15) is 4.39 Å². The lowest BCUT2D eigenvalue weighted by atomic mass is 10.1. The molecule has 0 atom stereocenters. The van der Waals surface area contributed by atoms with Crippen LogP contribution < -0.4 is 4.74 Å². The van der Waals surface area contributed by atoms with E-state index in [2.05, 4.69) is 0 Å². The topological polar surface area (TPSA) is 22.4 Å². The molecule has 1 heterocycles. The van der Waals surface area contributed by atoms with E-state index in [1.807, 2.05) is 36.4 Å².